The molecule has 0 unspecified atom stereocenters. The van der Waals surface area contributed by atoms with Crippen molar-refractivity contribution in [2.24, 2.45) is 0 Å². The molecule has 2 amide bonds. The molecular formula is C33H34N4O3. The second-order valence-corrected chi connectivity index (χ2v) is 10.0. The fraction of sp³-hybridized carbons (Fsp3) is 0.212. The molecule has 1 fully saturated rings. The highest BCUT2D eigenvalue weighted by atomic mass is 16.5. The van der Waals surface area contributed by atoms with E-state index in [1.54, 1.807) is 24.3 Å². The number of carbonyl (C=O) groups excluding carboxylic acids is 2. The summed E-state index contributed by atoms with van der Waals surface area (Å²) in [5, 5.41) is 5.94. The molecule has 0 aliphatic carbocycles. The third-order valence-electron chi connectivity index (χ3n) is 7.12. The summed E-state index contributed by atoms with van der Waals surface area (Å²) in [6.07, 6.45) is 1.93. The van der Waals surface area contributed by atoms with E-state index in [1.165, 1.54) is 5.56 Å². The second kappa shape index (κ2) is 13.0. The van der Waals surface area contributed by atoms with Crippen LogP contribution in [0.15, 0.2) is 103 Å². The number of nitrogen functional groups attached to an aromatic ring is 1. The van der Waals surface area contributed by atoms with Crippen molar-refractivity contribution < 1.29 is 14.3 Å². The molecule has 204 valence electrons. The first-order valence-corrected chi connectivity index (χ1v) is 13.6. The molecule has 1 atom stereocenters. The number of nitrogens with zero attached hydrogens (tertiary/aromatic N) is 1. The minimum absolute atomic E-state index is 0.0816. The largest absolute Gasteiger partial charge is 0.489 e. The Kier molecular flexibility index (Phi) is 8.73. The summed E-state index contributed by atoms with van der Waals surface area (Å²) in [6.45, 7) is 2.59. The molecule has 7 nitrogen and oxygen atoms in total. The highest BCUT2D eigenvalue weighted by Crippen LogP contribution is 2.21. The summed E-state index contributed by atoms with van der Waals surface area (Å²) < 4.78 is 5.93. The highest BCUT2D eigenvalue weighted by Gasteiger charge is 2.30. The standard InChI is InChI=1S/C33H34N4O3/c34-29-9-4-5-10-30(29)36-32(38)27-16-12-26(13-17-27)23-40-28-18-14-24(15-19-28)21-35-33(39)31-11-6-20-37(31)22-25-7-2-1-3-8-25/h1-5,7-10,12-19,31H,6,11,20-23,34H2,(H,35,39)(H,36,38)/t31-/m1/s1. The predicted octanol–water partition coefficient (Wildman–Crippen LogP) is 5.38. The molecular weight excluding hydrogens is 500 g/mol. The zero-order chi connectivity index (χ0) is 27.7. The predicted molar refractivity (Wildman–Crippen MR) is 158 cm³/mol. The highest BCUT2D eigenvalue weighted by molar-refractivity contribution is 6.05. The van der Waals surface area contributed by atoms with Crippen LogP contribution in [0.1, 0.15) is 39.9 Å². The Morgan fingerprint density at radius 1 is 0.825 bits per heavy atom. The molecule has 40 heavy (non-hydrogen) atoms. The van der Waals surface area contributed by atoms with E-state index >= 15 is 0 Å². The summed E-state index contributed by atoms with van der Waals surface area (Å²) >= 11 is 0. The quantitative estimate of drug-likeness (QED) is 0.237. The molecule has 4 aromatic rings. The van der Waals surface area contributed by atoms with Gasteiger partial charge in [-0.3, -0.25) is 14.5 Å². The van der Waals surface area contributed by atoms with Gasteiger partial charge in [0.05, 0.1) is 17.4 Å². The molecule has 0 radical (unpaired) electrons. The van der Waals surface area contributed by atoms with Gasteiger partial charge >= 0.3 is 0 Å². The Morgan fingerprint density at radius 2 is 1.52 bits per heavy atom. The lowest BCUT2D eigenvalue weighted by Gasteiger charge is -2.23. The molecule has 1 aliphatic heterocycles. The van der Waals surface area contributed by atoms with Crippen molar-refractivity contribution in [2.75, 3.05) is 17.6 Å². The monoisotopic (exact) mass is 534 g/mol. The van der Waals surface area contributed by atoms with Crippen molar-refractivity contribution in [1.29, 1.82) is 0 Å². The Labute approximate surface area is 235 Å². The number of rotatable bonds is 10. The lowest BCUT2D eigenvalue weighted by molar-refractivity contribution is -0.125. The maximum absolute atomic E-state index is 12.9. The number of hydrogen-bond acceptors (Lipinski definition) is 5. The summed E-state index contributed by atoms with van der Waals surface area (Å²) in [4.78, 5) is 27.7. The molecule has 5 rings (SSSR count). The molecule has 1 aliphatic rings. The molecule has 7 heteroatoms. The van der Waals surface area contributed by atoms with E-state index in [2.05, 4.69) is 27.7 Å². The summed E-state index contributed by atoms with van der Waals surface area (Å²) in [6, 6.07) is 32.4. The van der Waals surface area contributed by atoms with Crippen LogP contribution >= 0.6 is 0 Å². The SMILES string of the molecule is Nc1ccccc1NC(=O)c1ccc(COc2ccc(CNC(=O)[C@H]3CCCN3Cc3ccccc3)cc2)cc1. The van der Waals surface area contributed by atoms with E-state index in [0.717, 1.165) is 42.8 Å². The van der Waals surface area contributed by atoms with E-state index in [4.69, 9.17) is 10.5 Å². The smallest absolute Gasteiger partial charge is 0.255 e. The molecule has 4 N–H and O–H groups in total. The van der Waals surface area contributed by atoms with Crippen molar-refractivity contribution in [3.63, 3.8) is 0 Å². The van der Waals surface area contributed by atoms with Crippen LogP contribution < -0.4 is 21.1 Å². The van der Waals surface area contributed by atoms with Gasteiger partial charge in [-0.15, -0.1) is 0 Å². The molecule has 0 aromatic heterocycles. The minimum Gasteiger partial charge on any atom is -0.489 e. The zero-order valence-corrected chi connectivity index (χ0v) is 22.4. The molecule has 1 heterocycles. The van der Waals surface area contributed by atoms with Crippen molar-refractivity contribution in [3.05, 3.63) is 125 Å². The van der Waals surface area contributed by atoms with Gasteiger partial charge in [-0.25, -0.2) is 0 Å². The number of hydrogen-bond donors (Lipinski definition) is 3. The van der Waals surface area contributed by atoms with Crippen LogP contribution in [0.4, 0.5) is 11.4 Å². The minimum atomic E-state index is -0.218. The number of benzene rings is 4. The lowest BCUT2D eigenvalue weighted by Crippen LogP contribution is -2.42. The van der Waals surface area contributed by atoms with Crippen LogP contribution in [0.2, 0.25) is 0 Å². The van der Waals surface area contributed by atoms with Crippen LogP contribution in [0, 0.1) is 0 Å². The van der Waals surface area contributed by atoms with E-state index < -0.39 is 0 Å². The average Bonchev–Trinajstić information content (AvgIpc) is 3.45. The Bertz CT molecular complexity index is 1420. The normalized spacial score (nSPS) is 14.9. The number of carbonyl (C=O) groups is 2. The zero-order valence-electron chi connectivity index (χ0n) is 22.4. The lowest BCUT2D eigenvalue weighted by atomic mass is 10.1. The van der Waals surface area contributed by atoms with Crippen molar-refractivity contribution in [3.8, 4) is 5.75 Å². The van der Waals surface area contributed by atoms with Gasteiger partial charge in [0, 0.05) is 18.7 Å². The molecule has 0 bridgehead atoms. The second-order valence-electron chi connectivity index (χ2n) is 10.0. The van der Waals surface area contributed by atoms with Gasteiger partial charge in [0.15, 0.2) is 0 Å². The van der Waals surface area contributed by atoms with E-state index in [0.29, 0.717) is 30.1 Å². The Balaban J connectivity index is 1.07. The average molecular weight is 535 g/mol. The van der Waals surface area contributed by atoms with Crippen LogP contribution in [0.5, 0.6) is 5.75 Å². The van der Waals surface area contributed by atoms with E-state index in [9.17, 15) is 9.59 Å². The number of nitrogens with two attached hydrogens (primary N) is 1. The Morgan fingerprint density at radius 3 is 2.27 bits per heavy atom. The van der Waals surface area contributed by atoms with Crippen molar-refractivity contribution in [1.82, 2.24) is 10.2 Å². The first-order chi connectivity index (χ1) is 19.5. The fourth-order valence-electron chi connectivity index (χ4n) is 4.87. The van der Waals surface area contributed by atoms with E-state index in [1.807, 2.05) is 66.7 Å². The fourth-order valence-corrected chi connectivity index (χ4v) is 4.87. The Hall–Kier alpha value is -4.62. The van der Waals surface area contributed by atoms with Crippen molar-refractivity contribution >= 4 is 23.2 Å². The number of amides is 2. The van der Waals surface area contributed by atoms with Gasteiger partial charge in [0.2, 0.25) is 5.91 Å². The van der Waals surface area contributed by atoms with Gasteiger partial charge in [-0.1, -0.05) is 66.7 Å². The van der Waals surface area contributed by atoms with Gasteiger partial charge < -0.3 is 21.1 Å². The van der Waals surface area contributed by atoms with Gasteiger partial charge in [0.1, 0.15) is 12.4 Å². The number of ether oxygens (including phenoxy) is 1. The third-order valence-corrected chi connectivity index (χ3v) is 7.12. The molecule has 1 saturated heterocycles. The van der Waals surface area contributed by atoms with Crippen molar-refractivity contribution in [2.45, 2.75) is 38.6 Å². The van der Waals surface area contributed by atoms with E-state index in [-0.39, 0.29) is 17.9 Å². The number of anilines is 2. The topological polar surface area (TPSA) is 96.7 Å². The van der Waals surface area contributed by atoms with Crippen LogP contribution in [-0.2, 0) is 24.5 Å². The number of para-hydroxylation sites is 2. The maximum Gasteiger partial charge on any atom is 0.255 e. The van der Waals surface area contributed by atoms with Gasteiger partial charge in [-0.2, -0.15) is 0 Å². The van der Waals surface area contributed by atoms with Crippen LogP contribution in [0.3, 0.4) is 0 Å². The number of likely N-dealkylation sites (tertiary alicyclic amines) is 1. The number of nitrogens with one attached hydrogen (secondary N) is 2. The maximum atomic E-state index is 12.9. The van der Waals surface area contributed by atoms with Gasteiger partial charge in [0.25, 0.3) is 5.91 Å². The summed E-state index contributed by atoms with van der Waals surface area (Å²) in [7, 11) is 0. The molecule has 0 spiro atoms. The summed E-state index contributed by atoms with van der Waals surface area (Å²) in [5.41, 5.74) is 10.8. The summed E-state index contributed by atoms with van der Waals surface area (Å²) in [5.74, 6) is 0.601. The first kappa shape index (κ1) is 27.0. The molecule has 0 saturated carbocycles. The molecule has 4 aromatic carbocycles. The van der Waals surface area contributed by atoms with Crippen LogP contribution in [0.25, 0.3) is 0 Å². The van der Waals surface area contributed by atoms with Crippen LogP contribution in [-0.4, -0.2) is 29.3 Å². The van der Waals surface area contributed by atoms with Gasteiger partial charge in [-0.05, 0) is 72.5 Å². The first-order valence-electron chi connectivity index (χ1n) is 13.6. The third kappa shape index (κ3) is 7.07.